The minimum absolute atomic E-state index is 0.173. The van der Waals surface area contributed by atoms with Crippen LogP contribution in [0.15, 0.2) is 30.3 Å². The minimum Gasteiger partial charge on any atom is -0.381 e. The first kappa shape index (κ1) is 18.3. The maximum Gasteiger partial charge on any atom is 0.317 e. The van der Waals surface area contributed by atoms with E-state index in [9.17, 15) is 4.79 Å². The highest BCUT2D eigenvalue weighted by molar-refractivity contribution is 5.76. The molecule has 1 N–H and O–H groups in total. The Bertz CT molecular complexity index is 684. The molecule has 1 aromatic carbocycles. The van der Waals surface area contributed by atoms with Gasteiger partial charge in [0.25, 0.3) is 0 Å². The summed E-state index contributed by atoms with van der Waals surface area (Å²) >= 11 is 0. The summed E-state index contributed by atoms with van der Waals surface area (Å²) in [6, 6.07) is 11.2. The number of carbonyl (C=O) groups excluding carboxylic acids is 1. The SMILES string of the molecule is O=C(NCC1CCN(c2ccccc2)C1)N1CC2(CCC2)C1C1CCOCC1. The number of nitrogens with zero attached hydrogens (tertiary/aromatic N) is 2. The molecule has 1 saturated carbocycles. The zero-order valence-electron chi connectivity index (χ0n) is 16.8. The van der Waals surface area contributed by atoms with Gasteiger partial charge >= 0.3 is 6.03 Å². The number of likely N-dealkylation sites (tertiary alicyclic amines) is 1. The molecule has 5 nitrogen and oxygen atoms in total. The van der Waals surface area contributed by atoms with Crippen LogP contribution in [0.5, 0.6) is 0 Å². The van der Waals surface area contributed by atoms with E-state index in [2.05, 4.69) is 45.4 Å². The van der Waals surface area contributed by atoms with Gasteiger partial charge in [-0.2, -0.15) is 0 Å². The third-order valence-electron chi connectivity index (χ3n) is 7.72. The second-order valence-corrected chi connectivity index (χ2v) is 9.36. The van der Waals surface area contributed by atoms with E-state index in [0.717, 1.165) is 58.7 Å². The van der Waals surface area contributed by atoms with Gasteiger partial charge in [-0.15, -0.1) is 0 Å². The highest BCUT2D eigenvalue weighted by Gasteiger charge is 2.59. The number of hydrogen-bond acceptors (Lipinski definition) is 3. The monoisotopic (exact) mass is 383 g/mol. The average molecular weight is 384 g/mol. The molecule has 1 aromatic rings. The first-order valence-electron chi connectivity index (χ1n) is 11.2. The molecule has 1 spiro atoms. The van der Waals surface area contributed by atoms with Crippen molar-refractivity contribution in [2.75, 3.05) is 44.3 Å². The van der Waals surface area contributed by atoms with Gasteiger partial charge in [0.1, 0.15) is 0 Å². The van der Waals surface area contributed by atoms with Gasteiger partial charge in [-0.1, -0.05) is 24.6 Å². The molecule has 5 heteroatoms. The predicted octanol–water partition coefficient (Wildman–Crippen LogP) is 3.50. The number of hydrogen-bond donors (Lipinski definition) is 1. The number of carbonyl (C=O) groups is 1. The zero-order valence-corrected chi connectivity index (χ0v) is 16.8. The van der Waals surface area contributed by atoms with Gasteiger partial charge in [-0.05, 0) is 56.1 Å². The smallest absolute Gasteiger partial charge is 0.317 e. The highest BCUT2D eigenvalue weighted by atomic mass is 16.5. The van der Waals surface area contributed by atoms with Crippen molar-refractivity contribution < 1.29 is 9.53 Å². The Morgan fingerprint density at radius 3 is 2.64 bits per heavy atom. The van der Waals surface area contributed by atoms with Crippen molar-refractivity contribution in [3.63, 3.8) is 0 Å². The summed E-state index contributed by atoms with van der Waals surface area (Å²) in [7, 11) is 0. The van der Waals surface area contributed by atoms with Gasteiger partial charge in [0.05, 0.1) is 0 Å². The fourth-order valence-corrected chi connectivity index (χ4v) is 6.02. The first-order valence-corrected chi connectivity index (χ1v) is 11.2. The van der Waals surface area contributed by atoms with Gasteiger partial charge in [-0.3, -0.25) is 0 Å². The van der Waals surface area contributed by atoms with Gasteiger partial charge in [0.15, 0.2) is 0 Å². The van der Waals surface area contributed by atoms with Crippen LogP contribution in [0.2, 0.25) is 0 Å². The number of urea groups is 1. The minimum atomic E-state index is 0.173. The summed E-state index contributed by atoms with van der Waals surface area (Å²) in [6.07, 6.45) is 7.35. The van der Waals surface area contributed by atoms with Crippen LogP contribution in [0.1, 0.15) is 38.5 Å². The maximum absolute atomic E-state index is 13.0. The number of rotatable bonds is 4. The molecule has 28 heavy (non-hydrogen) atoms. The molecule has 3 saturated heterocycles. The van der Waals surface area contributed by atoms with Crippen LogP contribution in [0.4, 0.5) is 10.5 Å². The van der Waals surface area contributed by atoms with Crippen molar-refractivity contribution in [1.29, 1.82) is 0 Å². The van der Waals surface area contributed by atoms with Crippen molar-refractivity contribution in [1.82, 2.24) is 10.2 Å². The largest absolute Gasteiger partial charge is 0.381 e. The Morgan fingerprint density at radius 2 is 1.93 bits per heavy atom. The summed E-state index contributed by atoms with van der Waals surface area (Å²) in [5.74, 6) is 1.18. The lowest BCUT2D eigenvalue weighted by molar-refractivity contribution is -0.137. The molecular formula is C23H33N3O2. The van der Waals surface area contributed by atoms with E-state index < -0.39 is 0 Å². The molecule has 0 aromatic heterocycles. The van der Waals surface area contributed by atoms with Crippen LogP contribution in [0.3, 0.4) is 0 Å². The van der Waals surface area contributed by atoms with Crippen LogP contribution >= 0.6 is 0 Å². The summed E-state index contributed by atoms with van der Waals surface area (Å²) in [5, 5.41) is 3.28. The molecule has 2 amide bonds. The van der Waals surface area contributed by atoms with E-state index in [1.54, 1.807) is 0 Å². The second kappa shape index (κ2) is 7.58. The van der Waals surface area contributed by atoms with Crippen LogP contribution in [-0.2, 0) is 4.74 Å². The molecule has 3 heterocycles. The molecule has 0 radical (unpaired) electrons. The highest BCUT2D eigenvalue weighted by Crippen LogP contribution is 2.56. The van der Waals surface area contributed by atoms with E-state index in [4.69, 9.17) is 4.74 Å². The summed E-state index contributed by atoms with van der Waals surface area (Å²) < 4.78 is 5.57. The molecule has 3 aliphatic heterocycles. The van der Waals surface area contributed by atoms with E-state index in [-0.39, 0.29) is 6.03 Å². The molecule has 5 rings (SSSR count). The number of benzene rings is 1. The third kappa shape index (κ3) is 3.28. The second-order valence-electron chi connectivity index (χ2n) is 9.36. The molecule has 0 bridgehead atoms. The lowest BCUT2D eigenvalue weighted by atomic mass is 9.54. The first-order chi connectivity index (χ1) is 13.8. The lowest BCUT2D eigenvalue weighted by Crippen LogP contribution is -2.72. The van der Waals surface area contributed by atoms with Crippen molar-refractivity contribution in [2.45, 2.75) is 44.6 Å². The van der Waals surface area contributed by atoms with E-state index >= 15 is 0 Å². The lowest BCUT2D eigenvalue weighted by Gasteiger charge is -2.64. The number of ether oxygens (including phenoxy) is 1. The normalized spacial score (nSPS) is 29.4. The van der Waals surface area contributed by atoms with Crippen LogP contribution < -0.4 is 10.2 Å². The Kier molecular flexibility index (Phi) is 4.95. The summed E-state index contributed by atoms with van der Waals surface area (Å²) in [4.78, 5) is 17.6. The van der Waals surface area contributed by atoms with Crippen molar-refractivity contribution >= 4 is 11.7 Å². The molecule has 152 valence electrons. The topological polar surface area (TPSA) is 44.8 Å². The molecule has 4 aliphatic rings. The molecule has 1 aliphatic carbocycles. The Hall–Kier alpha value is -1.75. The molecule has 2 unspecified atom stereocenters. The van der Waals surface area contributed by atoms with Gasteiger partial charge < -0.3 is 19.9 Å². The summed E-state index contributed by atoms with van der Waals surface area (Å²) in [6.45, 7) is 5.63. The number of anilines is 1. The number of amides is 2. The Balaban J connectivity index is 1.15. The Morgan fingerprint density at radius 1 is 1.14 bits per heavy atom. The van der Waals surface area contributed by atoms with Crippen molar-refractivity contribution in [3.05, 3.63) is 30.3 Å². The standard InChI is InChI=1S/C23H33N3O2/c27-22(24-15-18-7-12-25(16-18)20-5-2-1-3-6-20)26-17-23(10-4-11-23)21(26)19-8-13-28-14-9-19/h1-3,5-6,18-19,21H,4,7-17H2,(H,24,27). The van der Waals surface area contributed by atoms with Gasteiger partial charge in [0, 0.05) is 56.5 Å². The van der Waals surface area contributed by atoms with Crippen molar-refractivity contribution in [3.8, 4) is 0 Å². The van der Waals surface area contributed by atoms with Gasteiger partial charge in [0.2, 0.25) is 0 Å². The van der Waals surface area contributed by atoms with Gasteiger partial charge in [-0.25, -0.2) is 4.79 Å². The van der Waals surface area contributed by atoms with E-state index in [0.29, 0.717) is 23.3 Å². The third-order valence-corrected chi connectivity index (χ3v) is 7.72. The fourth-order valence-electron chi connectivity index (χ4n) is 6.02. The maximum atomic E-state index is 13.0. The molecule has 4 fully saturated rings. The number of para-hydroxylation sites is 1. The Labute approximate surface area is 168 Å². The number of nitrogens with one attached hydrogen (secondary N) is 1. The van der Waals surface area contributed by atoms with Crippen molar-refractivity contribution in [2.24, 2.45) is 17.3 Å². The fraction of sp³-hybridized carbons (Fsp3) is 0.696. The van der Waals surface area contributed by atoms with E-state index in [1.165, 1.54) is 24.9 Å². The van der Waals surface area contributed by atoms with Crippen LogP contribution in [-0.4, -0.2) is 56.4 Å². The molecular weight excluding hydrogens is 350 g/mol. The molecule has 2 atom stereocenters. The van der Waals surface area contributed by atoms with E-state index in [1.807, 2.05) is 0 Å². The van der Waals surface area contributed by atoms with Crippen LogP contribution in [0.25, 0.3) is 0 Å². The van der Waals surface area contributed by atoms with Crippen LogP contribution in [0, 0.1) is 17.3 Å². The average Bonchev–Trinajstić information content (AvgIpc) is 3.15. The zero-order chi connectivity index (χ0) is 19.0. The predicted molar refractivity (Wildman–Crippen MR) is 110 cm³/mol. The quantitative estimate of drug-likeness (QED) is 0.865. The summed E-state index contributed by atoms with van der Waals surface area (Å²) in [5.41, 5.74) is 1.74.